The van der Waals surface area contributed by atoms with Crippen LogP contribution in [-0.4, -0.2) is 22.1 Å². The van der Waals surface area contributed by atoms with Crippen molar-refractivity contribution in [3.63, 3.8) is 0 Å². The highest BCUT2D eigenvalue weighted by atomic mass is 16.5. The fraction of sp³-hybridized carbons (Fsp3) is 0.636. The van der Waals surface area contributed by atoms with E-state index in [-0.39, 0.29) is 25.5 Å². The summed E-state index contributed by atoms with van der Waals surface area (Å²) < 4.78 is 51.7. The largest absolute Gasteiger partial charge is 0.465 e. The van der Waals surface area contributed by atoms with Crippen molar-refractivity contribution in [2.45, 2.75) is 19.7 Å². The summed E-state index contributed by atoms with van der Waals surface area (Å²) in [6, 6.07) is 0. The van der Waals surface area contributed by atoms with Crippen LogP contribution < -0.4 is 0 Å². The molecule has 2 heterocycles. The molecule has 0 aromatic carbocycles. The minimum absolute atomic E-state index is 0.0549. The van der Waals surface area contributed by atoms with Crippen LogP contribution in [0.15, 0.2) is 12.5 Å². The number of rotatable bonds is 3. The van der Waals surface area contributed by atoms with Crippen molar-refractivity contribution in [2.75, 3.05) is 6.61 Å². The van der Waals surface area contributed by atoms with Crippen LogP contribution in [0.25, 0.3) is 0 Å². The summed E-state index contributed by atoms with van der Waals surface area (Å²) in [5.74, 6) is -3.23. The zero-order valence-corrected chi connectivity index (χ0v) is 8.41. The van der Waals surface area contributed by atoms with Gasteiger partial charge in [0.25, 0.3) is 0 Å². The van der Waals surface area contributed by atoms with E-state index in [0.717, 1.165) is 0 Å². The minimum atomic E-state index is -2.34. The molecular formula is C11H16N2O2. The van der Waals surface area contributed by atoms with E-state index < -0.39 is 31.1 Å². The normalized spacial score (nSPS) is 37.1. The molecule has 1 saturated heterocycles. The highest BCUT2D eigenvalue weighted by Gasteiger charge is 2.35. The zero-order chi connectivity index (χ0) is 16.0. The van der Waals surface area contributed by atoms with Crippen LogP contribution in [0.5, 0.6) is 0 Å². The predicted molar refractivity (Wildman–Crippen MR) is 55.1 cm³/mol. The summed E-state index contributed by atoms with van der Waals surface area (Å²) >= 11 is 0. The highest BCUT2D eigenvalue weighted by molar-refractivity contribution is 5.74. The van der Waals surface area contributed by atoms with Gasteiger partial charge in [-0.05, 0) is 12.8 Å². The third-order valence-electron chi connectivity index (χ3n) is 2.57. The smallest absolute Gasteiger partial charge is 0.309 e. The average molecular weight is 214 g/mol. The molecule has 82 valence electrons. The van der Waals surface area contributed by atoms with Crippen LogP contribution >= 0.6 is 0 Å². The summed E-state index contributed by atoms with van der Waals surface area (Å²) in [6.07, 6.45) is -0.744. The molecule has 0 N–H and O–H groups in total. The molecule has 0 saturated carbocycles. The first-order chi connectivity index (χ1) is 9.53. The second-order valence-electron chi connectivity index (χ2n) is 3.53. The van der Waals surface area contributed by atoms with E-state index in [0.29, 0.717) is 5.69 Å². The van der Waals surface area contributed by atoms with Gasteiger partial charge in [-0.1, -0.05) is 6.85 Å². The first-order valence-corrected chi connectivity index (χ1v) is 4.69. The molecule has 1 aromatic heterocycles. The summed E-state index contributed by atoms with van der Waals surface area (Å²) in [5.41, 5.74) is 0.323. The molecular weight excluding hydrogens is 192 g/mol. The zero-order valence-electron chi connectivity index (χ0n) is 14.4. The monoisotopic (exact) mass is 214 g/mol. The van der Waals surface area contributed by atoms with Gasteiger partial charge in [0.15, 0.2) is 0 Å². The summed E-state index contributed by atoms with van der Waals surface area (Å²) in [6.45, 7) is -2.55. The Morgan fingerprint density at radius 1 is 1.93 bits per heavy atom. The van der Waals surface area contributed by atoms with Gasteiger partial charge in [0.1, 0.15) is 1.37 Å². The average Bonchev–Trinajstić information content (AvgIpc) is 2.74. The Morgan fingerprint density at radius 3 is 3.47 bits per heavy atom. The quantitative estimate of drug-likeness (QED) is 0.709. The number of esters is 1. The highest BCUT2D eigenvalue weighted by Crippen LogP contribution is 2.27. The molecule has 0 spiro atoms. The van der Waals surface area contributed by atoms with Crippen molar-refractivity contribution in [1.82, 2.24) is 9.55 Å². The van der Waals surface area contributed by atoms with Gasteiger partial charge in [0.2, 0.25) is 0 Å². The molecule has 1 aromatic rings. The van der Waals surface area contributed by atoms with E-state index in [1.807, 2.05) is 0 Å². The van der Waals surface area contributed by atoms with Crippen molar-refractivity contribution in [2.24, 2.45) is 18.9 Å². The molecule has 2 atom stereocenters. The van der Waals surface area contributed by atoms with Crippen LogP contribution in [0.3, 0.4) is 0 Å². The van der Waals surface area contributed by atoms with Crippen LogP contribution in [0.2, 0.25) is 0 Å². The first kappa shape index (κ1) is 5.14. The Kier molecular flexibility index (Phi) is 1.39. The number of carbonyl (C=O) groups excluding carboxylic acids is 1. The lowest BCUT2D eigenvalue weighted by Gasteiger charge is -2.12. The van der Waals surface area contributed by atoms with Gasteiger partial charge in [0.05, 0.1) is 20.2 Å². The Morgan fingerprint density at radius 2 is 2.80 bits per heavy atom. The maximum absolute atomic E-state index is 11.7. The van der Waals surface area contributed by atoms with Crippen molar-refractivity contribution in [1.29, 1.82) is 0 Å². The topological polar surface area (TPSA) is 44.1 Å². The molecule has 1 aliphatic rings. The molecule has 0 unspecified atom stereocenters. The Balaban J connectivity index is 2.29. The van der Waals surface area contributed by atoms with E-state index in [4.69, 9.17) is 13.0 Å². The number of hydrogen-bond donors (Lipinski definition) is 0. The molecule has 1 aliphatic heterocycles. The van der Waals surface area contributed by atoms with Gasteiger partial charge in [-0.15, -0.1) is 0 Å². The second kappa shape index (κ2) is 4.04. The number of aromatic nitrogens is 2. The predicted octanol–water partition coefficient (Wildman–Crippen LogP) is 1.16. The number of ether oxygens (including phenoxy) is 1. The minimum Gasteiger partial charge on any atom is -0.465 e. The lowest BCUT2D eigenvalue weighted by atomic mass is 9.89. The first-order valence-electron chi connectivity index (χ1n) is 7.69. The van der Waals surface area contributed by atoms with Crippen molar-refractivity contribution >= 4 is 5.97 Å². The molecule has 4 heteroatoms. The Bertz CT molecular complexity index is 570. The van der Waals surface area contributed by atoms with Crippen LogP contribution in [0.1, 0.15) is 27.2 Å². The van der Waals surface area contributed by atoms with Gasteiger partial charge < -0.3 is 9.30 Å². The maximum atomic E-state index is 11.7. The molecule has 0 radical (unpaired) electrons. The number of carbonyl (C=O) groups is 1. The van der Waals surface area contributed by atoms with E-state index in [1.165, 1.54) is 4.57 Å². The lowest BCUT2D eigenvalue weighted by molar-refractivity contribution is -0.141. The van der Waals surface area contributed by atoms with Crippen molar-refractivity contribution in [3.8, 4) is 0 Å². The fourth-order valence-electron chi connectivity index (χ4n) is 1.61. The lowest BCUT2D eigenvalue weighted by Crippen LogP contribution is -2.18. The van der Waals surface area contributed by atoms with Crippen LogP contribution in [-0.2, 0) is 23.0 Å². The molecule has 15 heavy (non-hydrogen) atoms. The van der Waals surface area contributed by atoms with Gasteiger partial charge in [-0.3, -0.25) is 4.79 Å². The number of hydrogen-bond acceptors (Lipinski definition) is 3. The van der Waals surface area contributed by atoms with Gasteiger partial charge in [-0.2, -0.15) is 0 Å². The van der Waals surface area contributed by atoms with Gasteiger partial charge >= 0.3 is 5.97 Å². The fourth-order valence-corrected chi connectivity index (χ4v) is 1.61. The third kappa shape index (κ3) is 1.89. The number of imidazole rings is 1. The van der Waals surface area contributed by atoms with Crippen LogP contribution in [0, 0.1) is 11.8 Å². The number of cyclic esters (lactones) is 1. The molecule has 0 aliphatic carbocycles. The molecule has 0 bridgehead atoms. The Hall–Kier alpha value is -1.32. The van der Waals surface area contributed by atoms with Gasteiger partial charge in [-0.25, -0.2) is 4.98 Å². The maximum Gasteiger partial charge on any atom is 0.309 e. The Labute approximate surface area is 97.7 Å². The van der Waals surface area contributed by atoms with Crippen molar-refractivity contribution < 1.29 is 17.8 Å². The number of nitrogens with zero attached hydrogens (tertiary/aromatic N) is 2. The summed E-state index contributed by atoms with van der Waals surface area (Å²) in [4.78, 5) is 15.4. The standard InChI is InChI=1S/C11H16N2O2/c1-3-10-8(6-15-11(10)14)4-9-5-12-7-13(9)2/h5,7-8,10H,3-4,6H2,1-2H3/t8-,10-/m0/s1/i1D3,5D,7D,8D. The summed E-state index contributed by atoms with van der Waals surface area (Å²) in [5, 5.41) is 0. The van der Waals surface area contributed by atoms with E-state index in [2.05, 4.69) is 4.98 Å². The van der Waals surface area contributed by atoms with Gasteiger partial charge in [0, 0.05) is 30.3 Å². The molecule has 2 rings (SSSR count). The van der Waals surface area contributed by atoms with E-state index in [9.17, 15) is 4.79 Å². The van der Waals surface area contributed by atoms with E-state index in [1.54, 1.807) is 7.05 Å². The second-order valence-corrected chi connectivity index (χ2v) is 3.53. The van der Waals surface area contributed by atoms with Crippen LogP contribution in [0.4, 0.5) is 0 Å². The third-order valence-corrected chi connectivity index (χ3v) is 2.57. The SMILES string of the molecule is [2H]c1nc([2H])n(C)c1C[C@@]1([2H])COC(=O)[C@H]1CC([2H])([2H])[2H]. The molecule has 4 nitrogen and oxygen atoms in total. The van der Waals surface area contributed by atoms with Crippen molar-refractivity contribution in [3.05, 3.63) is 18.2 Å². The summed E-state index contributed by atoms with van der Waals surface area (Å²) in [7, 11) is 1.54. The molecule has 0 amide bonds. The van der Waals surface area contributed by atoms with E-state index >= 15 is 0 Å². The molecule has 1 fully saturated rings.